The third-order valence-corrected chi connectivity index (χ3v) is 4.72. The SMILES string of the molecule is C[NH+](CC(=O)Nc1cc(Cl)c(Cl)cc1Cl)Cc1ccc2c(c1)OCO2. The van der Waals surface area contributed by atoms with E-state index in [-0.39, 0.29) is 19.2 Å². The molecule has 0 bridgehead atoms. The lowest BCUT2D eigenvalue weighted by Gasteiger charge is -2.15. The molecule has 0 saturated heterocycles. The number of nitrogens with one attached hydrogen (secondary N) is 2. The Hall–Kier alpha value is -1.66. The van der Waals surface area contributed by atoms with Gasteiger partial charge >= 0.3 is 0 Å². The van der Waals surface area contributed by atoms with Crippen molar-refractivity contribution in [2.75, 3.05) is 25.7 Å². The van der Waals surface area contributed by atoms with Crippen LogP contribution < -0.4 is 19.7 Å². The number of ether oxygens (including phenoxy) is 2. The summed E-state index contributed by atoms with van der Waals surface area (Å²) in [6.07, 6.45) is 0. The summed E-state index contributed by atoms with van der Waals surface area (Å²) in [5.74, 6) is 1.31. The standard InChI is InChI=1S/C17H15Cl3N2O3/c1-22(7-10-2-3-15-16(4-10)25-9-24-15)8-17(23)21-14-6-12(19)11(18)5-13(14)20/h2-6H,7-9H2,1H3,(H,21,23)/p+1. The number of carbonyl (C=O) groups is 1. The number of halogens is 3. The summed E-state index contributed by atoms with van der Waals surface area (Å²) in [5.41, 5.74) is 1.50. The van der Waals surface area contributed by atoms with Gasteiger partial charge in [-0.1, -0.05) is 34.8 Å². The lowest BCUT2D eigenvalue weighted by atomic mass is 10.2. The minimum Gasteiger partial charge on any atom is -0.454 e. The van der Waals surface area contributed by atoms with E-state index in [2.05, 4.69) is 5.32 Å². The van der Waals surface area contributed by atoms with Crippen LogP contribution in [0, 0.1) is 0 Å². The molecule has 2 N–H and O–H groups in total. The molecule has 2 aromatic rings. The number of hydrogen-bond donors (Lipinski definition) is 2. The van der Waals surface area contributed by atoms with Gasteiger partial charge in [0.05, 0.1) is 27.8 Å². The van der Waals surface area contributed by atoms with E-state index >= 15 is 0 Å². The number of amides is 1. The smallest absolute Gasteiger partial charge is 0.279 e. The van der Waals surface area contributed by atoms with Gasteiger partial charge in [0.15, 0.2) is 18.0 Å². The first kappa shape index (κ1) is 18.1. The topological polar surface area (TPSA) is 52.0 Å². The summed E-state index contributed by atoms with van der Waals surface area (Å²) in [7, 11) is 1.93. The van der Waals surface area contributed by atoms with Crippen LogP contribution in [-0.4, -0.2) is 26.3 Å². The fourth-order valence-corrected chi connectivity index (χ4v) is 3.14. The third-order valence-electron chi connectivity index (χ3n) is 3.69. The van der Waals surface area contributed by atoms with Gasteiger partial charge in [-0.05, 0) is 30.3 Å². The van der Waals surface area contributed by atoms with E-state index in [0.717, 1.165) is 22.0 Å². The summed E-state index contributed by atoms with van der Waals surface area (Å²) in [5, 5.41) is 3.78. The van der Waals surface area contributed by atoms with E-state index in [9.17, 15) is 4.79 Å². The average Bonchev–Trinajstić information content (AvgIpc) is 3.00. The van der Waals surface area contributed by atoms with Crippen LogP contribution in [0.4, 0.5) is 5.69 Å². The molecule has 8 heteroatoms. The fraction of sp³-hybridized carbons (Fsp3) is 0.235. The predicted octanol–water partition coefficient (Wildman–Crippen LogP) is 3.03. The van der Waals surface area contributed by atoms with Crippen molar-refractivity contribution >= 4 is 46.4 Å². The van der Waals surface area contributed by atoms with E-state index in [1.165, 1.54) is 12.1 Å². The van der Waals surface area contributed by atoms with Crippen LogP contribution in [0.25, 0.3) is 0 Å². The molecule has 0 spiro atoms. The van der Waals surface area contributed by atoms with Crippen LogP contribution in [0.2, 0.25) is 15.1 Å². The van der Waals surface area contributed by atoms with Crippen molar-refractivity contribution in [2.45, 2.75) is 6.54 Å². The molecule has 0 aromatic heterocycles. The Bertz CT molecular complexity index is 814. The zero-order valence-corrected chi connectivity index (χ0v) is 15.6. The van der Waals surface area contributed by atoms with Gasteiger partial charge < -0.3 is 19.7 Å². The molecular formula is C17H16Cl3N2O3+. The van der Waals surface area contributed by atoms with E-state index in [1.54, 1.807) is 0 Å². The quantitative estimate of drug-likeness (QED) is 0.756. The van der Waals surface area contributed by atoms with Gasteiger partial charge in [0.2, 0.25) is 6.79 Å². The average molecular weight is 403 g/mol. The van der Waals surface area contributed by atoms with Crippen molar-refractivity contribution in [1.29, 1.82) is 0 Å². The lowest BCUT2D eigenvalue weighted by Crippen LogP contribution is -3.08. The highest BCUT2D eigenvalue weighted by Gasteiger charge is 2.17. The molecule has 1 aliphatic heterocycles. The Morgan fingerprint density at radius 2 is 1.80 bits per heavy atom. The van der Waals surface area contributed by atoms with Crippen molar-refractivity contribution in [1.82, 2.24) is 0 Å². The minimum absolute atomic E-state index is 0.168. The summed E-state index contributed by atoms with van der Waals surface area (Å²) >= 11 is 17.9. The van der Waals surface area contributed by atoms with Crippen molar-refractivity contribution in [3.8, 4) is 11.5 Å². The number of quaternary nitrogens is 1. The summed E-state index contributed by atoms with van der Waals surface area (Å²) in [4.78, 5) is 13.2. The maximum atomic E-state index is 12.2. The number of rotatable bonds is 5. The van der Waals surface area contributed by atoms with Gasteiger partial charge in [-0.25, -0.2) is 0 Å². The molecule has 0 aliphatic carbocycles. The maximum absolute atomic E-state index is 12.2. The summed E-state index contributed by atoms with van der Waals surface area (Å²) in [6.45, 7) is 1.18. The molecule has 3 rings (SSSR count). The molecule has 0 fully saturated rings. The molecule has 0 radical (unpaired) electrons. The summed E-state index contributed by atoms with van der Waals surface area (Å²) in [6, 6.07) is 8.81. The van der Waals surface area contributed by atoms with Crippen LogP contribution in [-0.2, 0) is 11.3 Å². The van der Waals surface area contributed by atoms with Crippen LogP contribution in [0.15, 0.2) is 30.3 Å². The minimum atomic E-state index is -0.168. The van der Waals surface area contributed by atoms with Gasteiger partial charge in [0.1, 0.15) is 6.54 Å². The molecule has 1 unspecified atom stereocenters. The summed E-state index contributed by atoms with van der Waals surface area (Å²) < 4.78 is 10.7. The van der Waals surface area contributed by atoms with Gasteiger partial charge in [-0.2, -0.15) is 0 Å². The van der Waals surface area contributed by atoms with Crippen molar-refractivity contribution < 1.29 is 19.2 Å². The van der Waals surface area contributed by atoms with Crippen molar-refractivity contribution in [3.05, 3.63) is 51.0 Å². The number of carbonyl (C=O) groups excluding carboxylic acids is 1. The molecule has 2 aromatic carbocycles. The zero-order chi connectivity index (χ0) is 18.0. The molecule has 132 valence electrons. The highest BCUT2D eigenvalue weighted by Crippen LogP contribution is 2.33. The van der Waals surface area contributed by atoms with Crippen LogP contribution in [0.3, 0.4) is 0 Å². The molecular weight excluding hydrogens is 387 g/mol. The lowest BCUT2D eigenvalue weighted by molar-refractivity contribution is -0.885. The number of anilines is 1. The molecule has 1 aliphatic rings. The van der Waals surface area contributed by atoms with E-state index in [0.29, 0.717) is 27.3 Å². The monoisotopic (exact) mass is 401 g/mol. The second-order valence-electron chi connectivity index (χ2n) is 5.79. The maximum Gasteiger partial charge on any atom is 0.279 e. The molecule has 1 heterocycles. The Labute approximate surface area is 160 Å². The third kappa shape index (κ3) is 4.50. The van der Waals surface area contributed by atoms with Crippen molar-refractivity contribution in [2.24, 2.45) is 0 Å². The van der Waals surface area contributed by atoms with Gasteiger partial charge in [0.25, 0.3) is 5.91 Å². The molecule has 25 heavy (non-hydrogen) atoms. The van der Waals surface area contributed by atoms with Gasteiger partial charge in [-0.3, -0.25) is 4.79 Å². The first-order valence-corrected chi connectivity index (χ1v) is 8.70. The molecule has 5 nitrogen and oxygen atoms in total. The van der Waals surface area contributed by atoms with Crippen LogP contribution >= 0.6 is 34.8 Å². The number of hydrogen-bond acceptors (Lipinski definition) is 3. The molecule has 1 atom stereocenters. The Kier molecular flexibility index (Phi) is 5.59. The number of benzene rings is 2. The Morgan fingerprint density at radius 3 is 2.60 bits per heavy atom. The fourth-order valence-electron chi connectivity index (χ4n) is 2.55. The van der Waals surface area contributed by atoms with Gasteiger partial charge in [-0.15, -0.1) is 0 Å². The Morgan fingerprint density at radius 1 is 1.08 bits per heavy atom. The second kappa shape index (κ2) is 7.70. The van der Waals surface area contributed by atoms with Crippen LogP contribution in [0.5, 0.6) is 11.5 Å². The first-order valence-electron chi connectivity index (χ1n) is 7.56. The van der Waals surface area contributed by atoms with E-state index in [4.69, 9.17) is 44.3 Å². The van der Waals surface area contributed by atoms with E-state index < -0.39 is 0 Å². The first-order chi connectivity index (χ1) is 11.9. The highest BCUT2D eigenvalue weighted by molar-refractivity contribution is 6.44. The van der Waals surface area contributed by atoms with E-state index in [1.807, 2.05) is 25.2 Å². The highest BCUT2D eigenvalue weighted by atomic mass is 35.5. The molecule has 1 amide bonds. The molecule has 0 saturated carbocycles. The second-order valence-corrected chi connectivity index (χ2v) is 7.01. The van der Waals surface area contributed by atoms with Crippen LogP contribution in [0.1, 0.15) is 5.56 Å². The Balaban J connectivity index is 1.58. The van der Waals surface area contributed by atoms with Gasteiger partial charge in [0, 0.05) is 5.56 Å². The van der Waals surface area contributed by atoms with Crippen molar-refractivity contribution in [3.63, 3.8) is 0 Å². The zero-order valence-electron chi connectivity index (χ0n) is 13.4. The largest absolute Gasteiger partial charge is 0.454 e. The predicted molar refractivity (Wildman–Crippen MR) is 98.1 cm³/mol. The number of likely N-dealkylation sites (N-methyl/N-ethyl adjacent to an activating group) is 1. The number of fused-ring (bicyclic) bond motifs is 1. The normalized spacial score (nSPS) is 13.6.